The third-order valence-electron chi connectivity index (χ3n) is 5.09. The Morgan fingerprint density at radius 3 is 2.54 bits per heavy atom. The van der Waals surface area contributed by atoms with E-state index in [1.165, 1.54) is 11.1 Å². The molecule has 1 N–H and O–H groups in total. The normalized spacial score (nSPS) is 18.0. The minimum atomic E-state index is -0.325. The van der Waals surface area contributed by atoms with Crippen molar-refractivity contribution in [3.63, 3.8) is 0 Å². The maximum absolute atomic E-state index is 9.90. The number of likely N-dealkylation sites (tertiary alicyclic amines) is 1. The van der Waals surface area contributed by atoms with Crippen molar-refractivity contribution < 1.29 is 9.84 Å². The van der Waals surface area contributed by atoms with Crippen molar-refractivity contribution in [2.75, 3.05) is 6.54 Å². The molecule has 0 saturated carbocycles. The summed E-state index contributed by atoms with van der Waals surface area (Å²) in [6, 6.07) is 14.5. The van der Waals surface area contributed by atoms with Crippen LogP contribution >= 0.6 is 11.6 Å². The van der Waals surface area contributed by atoms with Crippen molar-refractivity contribution in [3.05, 3.63) is 64.2 Å². The molecule has 1 aliphatic rings. The fourth-order valence-electron chi connectivity index (χ4n) is 3.34. The number of halogens is 1. The van der Waals surface area contributed by atoms with Gasteiger partial charge in [-0.15, -0.1) is 0 Å². The minimum Gasteiger partial charge on any atom is -0.491 e. The Bertz CT molecular complexity index is 772. The Morgan fingerprint density at radius 2 is 1.96 bits per heavy atom. The van der Waals surface area contributed by atoms with E-state index in [0.29, 0.717) is 0 Å². The third-order valence-corrected chi connectivity index (χ3v) is 5.32. The standard InChI is InChI=1S/C22H28ClNO2/c1-15(2)26-20-11-16(14-24-9-8-21(24)25)10-18(13-20)22(3,4)17-6-5-7-19(23)12-17/h5-7,10-13,15,21,25H,8-9,14H2,1-4H3. The van der Waals surface area contributed by atoms with Crippen LogP contribution < -0.4 is 4.74 Å². The van der Waals surface area contributed by atoms with Gasteiger partial charge in [0.2, 0.25) is 0 Å². The van der Waals surface area contributed by atoms with E-state index in [0.717, 1.165) is 35.8 Å². The van der Waals surface area contributed by atoms with E-state index in [2.05, 4.69) is 43.0 Å². The molecule has 140 valence electrons. The lowest BCUT2D eigenvalue weighted by Crippen LogP contribution is -2.46. The first-order chi connectivity index (χ1) is 12.3. The fraction of sp³-hybridized carbons (Fsp3) is 0.455. The molecule has 4 heteroatoms. The second-order valence-electron chi connectivity index (χ2n) is 7.91. The van der Waals surface area contributed by atoms with Gasteiger partial charge in [-0.1, -0.05) is 43.6 Å². The lowest BCUT2D eigenvalue weighted by atomic mass is 9.77. The van der Waals surface area contributed by atoms with Crippen molar-refractivity contribution >= 4 is 11.6 Å². The van der Waals surface area contributed by atoms with E-state index in [1.54, 1.807) is 0 Å². The van der Waals surface area contributed by atoms with Crippen LogP contribution in [-0.4, -0.2) is 28.9 Å². The third kappa shape index (κ3) is 4.22. The molecule has 0 amide bonds. The SMILES string of the molecule is CC(C)Oc1cc(CN2CCC2O)cc(C(C)(C)c2cccc(Cl)c2)c1. The average molecular weight is 374 g/mol. The summed E-state index contributed by atoms with van der Waals surface area (Å²) in [5.74, 6) is 0.873. The summed E-state index contributed by atoms with van der Waals surface area (Å²) in [5, 5.41) is 10.6. The summed E-state index contributed by atoms with van der Waals surface area (Å²) in [4.78, 5) is 2.07. The molecule has 3 rings (SSSR count). The molecule has 3 nitrogen and oxygen atoms in total. The largest absolute Gasteiger partial charge is 0.491 e. The summed E-state index contributed by atoms with van der Waals surface area (Å²) in [7, 11) is 0. The maximum atomic E-state index is 9.90. The highest BCUT2D eigenvalue weighted by molar-refractivity contribution is 6.30. The van der Waals surface area contributed by atoms with Gasteiger partial charge in [0.15, 0.2) is 0 Å². The first kappa shape index (κ1) is 19.2. The van der Waals surface area contributed by atoms with Crippen molar-refractivity contribution in [1.29, 1.82) is 0 Å². The van der Waals surface area contributed by atoms with Gasteiger partial charge >= 0.3 is 0 Å². The van der Waals surface area contributed by atoms with E-state index in [1.807, 2.05) is 32.0 Å². The monoisotopic (exact) mass is 373 g/mol. The van der Waals surface area contributed by atoms with Gasteiger partial charge in [0.25, 0.3) is 0 Å². The Hall–Kier alpha value is -1.55. The summed E-state index contributed by atoms with van der Waals surface area (Å²) in [6.07, 6.45) is 0.638. The number of nitrogens with zero attached hydrogens (tertiary/aromatic N) is 1. The number of aliphatic hydroxyl groups is 1. The zero-order chi connectivity index (χ0) is 18.9. The van der Waals surface area contributed by atoms with Crippen LogP contribution in [0.5, 0.6) is 5.75 Å². The number of aliphatic hydroxyl groups excluding tert-OH is 1. The lowest BCUT2D eigenvalue weighted by Gasteiger charge is -2.37. The molecule has 0 aromatic heterocycles. The Balaban J connectivity index is 1.98. The van der Waals surface area contributed by atoms with Crippen molar-refractivity contribution in [2.24, 2.45) is 0 Å². The van der Waals surface area contributed by atoms with Crippen LogP contribution in [0.3, 0.4) is 0 Å². The highest BCUT2D eigenvalue weighted by atomic mass is 35.5. The second-order valence-corrected chi connectivity index (χ2v) is 8.34. The first-order valence-electron chi connectivity index (χ1n) is 9.25. The van der Waals surface area contributed by atoms with E-state index < -0.39 is 0 Å². The zero-order valence-electron chi connectivity index (χ0n) is 16.0. The van der Waals surface area contributed by atoms with Crippen molar-refractivity contribution in [2.45, 2.75) is 58.4 Å². The predicted octanol–water partition coefficient (Wildman–Crippen LogP) is 4.98. The van der Waals surface area contributed by atoms with Gasteiger partial charge in [0.05, 0.1) is 6.10 Å². The van der Waals surface area contributed by atoms with E-state index in [9.17, 15) is 5.11 Å². The molecule has 1 atom stereocenters. The van der Waals surface area contributed by atoms with Gasteiger partial charge in [-0.25, -0.2) is 0 Å². The molecule has 0 bridgehead atoms. The molecule has 1 heterocycles. The molecule has 1 aliphatic heterocycles. The number of rotatable bonds is 6. The van der Waals surface area contributed by atoms with Gasteiger partial charge in [0.1, 0.15) is 12.0 Å². The molecular weight excluding hydrogens is 346 g/mol. The average Bonchev–Trinajstić information content (AvgIpc) is 2.57. The Labute approximate surface area is 161 Å². The van der Waals surface area contributed by atoms with Crippen LogP contribution in [0.1, 0.15) is 50.8 Å². The van der Waals surface area contributed by atoms with Gasteiger partial charge in [-0.05, 0) is 61.2 Å². The van der Waals surface area contributed by atoms with E-state index in [4.69, 9.17) is 16.3 Å². The Kier molecular flexibility index (Phi) is 5.61. The topological polar surface area (TPSA) is 32.7 Å². The van der Waals surface area contributed by atoms with Gasteiger partial charge in [-0.3, -0.25) is 4.90 Å². The summed E-state index contributed by atoms with van der Waals surface area (Å²) in [5.41, 5.74) is 3.31. The van der Waals surface area contributed by atoms with Crippen LogP contribution in [0, 0.1) is 0 Å². The van der Waals surface area contributed by atoms with Crippen molar-refractivity contribution in [3.8, 4) is 5.75 Å². The fourth-order valence-corrected chi connectivity index (χ4v) is 3.53. The molecule has 26 heavy (non-hydrogen) atoms. The van der Waals surface area contributed by atoms with Crippen molar-refractivity contribution in [1.82, 2.24) is 4.90 Å². The van der Waals surface area contributed by atoms with Gasteiger partial charge in [-0.2, -0.15) is 0 Å². The maximum Gasteiger partial charge on any atom is 0.120 e. The molecule has 2 aromatic rings. The molecule has 1 saturated heterocycles. The summed E-state index contributed by atoms with van der Waals surface area (Å²) in [6.45, 7) is 10.1. The van der Waals surface area contributed by atoms with E-state index in [-0.39, 0.29) is 17.7 Å². The van der Waals surface area contributed by atoms with E-state index >= 15 is 0 Å². The summed E-state index contributed by atoms with van der Waals surface area (Å²) < 4.78 is 6.00. The molecule has 0 aliphatic carbocycles. The molecule has 1 unspecified atom stereocenters. The predicted molar refractivity (Wildman–Crippen MR) is 107 cm³/mol. The van der Waals surface area contributed by atoms with Gasteiger partial charge < -0.3 is 9.84 Å². The van der Waals surface area contributed by atoms with Crippen LogP contribution in [-0.2, 0) is 12.0 Å². The highest BCUT2D eigenvalue weighted by Crippen LogP contribution is 2.36. The number of hydrogen-bond donors (Lipinski definition) is 1. The summed E-state index contributed by atoms with van der Waals surface area (Å²) >= 11 is 6.22. The quantitative estimate of drug-likeness (QED) is 0.775. The van der Waals surface area contributed by atoms with Crippen LogP contribution in [0.4, 0.5) is 0 Å². The van der Waals surface area contributed by atoms with Crippen LogP contribution in [0.2, 0.25) is 5.02 Å². The highest BCUT2D eigenvalue weighted by Gasteiger charge is 2.28. The smallest absolute Gasteiger partial charge is 0.120 e. The van der Waals surface area contributed by atoms with Crippen LogP contribution in [0.25, 0.3) is 0 Å². The lowest BCUT2D eigenvalue weighted by molar-refractivity contribution is -0.0794. The first-order valence-corrected chi connectivity index (χ1v) is 9.63. The second kappa shape index (κ2) is 7.59. The van der Waals surface area contributed by atoms with Gasteiger partial charge in [0, 0.05) is 23.5 Å². The molecule has 2 aromatic carbocycles. The number of ether oxygens (including phenoxy) is 1. The molecule has 0 spiro atoms. The molecular formula is C22H28ClNO2. The minimum absolute atomic E-state index is 0.113. The zero-order valence-corrected chi connectivity index (χ0v) is 16.8. The number of hydrogen-bond acceptors (Lipinski definition) is 3. The van der Waals surface area contributed by atoms with Crippen LogP contribution in [0.15, 0.2) is 42.5 Å². The molecule has 1 fully saturated rings. The number of benzene rings is 2. The Morgan fingerprint density at radius 1 is 1.19 bits per heavy atom. The molecule has 0 radical (unpaired) electrons.